The van der Waals surface area contributed by atoms with Gasteiger partial charge in [0.2, 0.25) is 12.3 Å². The van der Waals surface area contributed by atoms with Crippen LogP contribution in [0.15, 0.2) is 48.5 Å². The van der Waals surface area contributed by atoms with E-state index in [0.717, 1.165) is 75.1 Å². The molecule has 0 bridgehead atoms. The minimum atomic E-state index is -0.222. The van der Waals surface area contributed by atoms with E-state index in [4.69, 9.17) is 4.74 Å². The molecule has 1 unspecified atom stereocenters. The minimum absolute atomic E-state index is 0.0907. The number of hydrogen-bond acceptors (Lipinski definition) is 5. The average molecular weight is 452 g/mol. The summed E-state index contributed by atoms with van der Waals surface area (Å²) >= 11 is 0. The van der Waals surface area contributed by atoms with E-state index in [0.29, 0.717) is 12.5 Å². The Bertz CT molecular complexity index is 937. The highest BCUT2D eigenvalue weighted by molar-refractivity contribution is 5.85. The molecule has 2 aliphatic heterocycles. The number of amides is 2. The summed E-state index contributed by atoms with van der Waals surface area (Å²) < 4.78 is 5.22. The predicted molar refractivity (Wildman–Crippen MR) is 126 cm³/mol. The molecule has 2 aromatic carbocycles. The molecular formula is C26H33N3O4. The van der Waals surface area contributed by atoms with Gasteiger partial charge >= 0.3 is 0 Å². The Kier molecular flexibility index (Phi) is 7.18. The lowest BCUT2D eigenvalue weighted by Gasteiger charge is -2.38. The lowest BCUT2D eigenvalue weighted by Crippen LogP contribution is -2.45. The number of benzene rings is 2. The van der Waals surface area contributed by atoms with Crippen LogP contribution in [0.25, 0.3) is 0 Å². The zero-order chi connectivity index (χ0) is 23.3. The summed E-state index contributed by atoms with van der Waals surface area (Å²) in [6.45, 7) is 4.11. The normalized spacial score (nSPS) is 18.9. The number of carbonyl (C=O) groups excluding carboxylic acids is 2. The van der Waals surface area contributed by atoms with Crippen molar-refractivity contribution in [3.05, 3.63) is 59.7 Å². The van der Waals surface area contributed by atoms with Gasteiger partial charge in [-0.2, -0.15) is 0 Å². The summed E-state index contributed by atoms with van der Waals surface area (Å²) in [6.07, 6.45) is 4.22. The first-order chi connectivity index (χ1) is 16.0. The molecule has 2 heterocycles. The number of piperidine rings is 1. The van der Waals surface area contributed by atoms with E-state index in [1.807, 2.05) is 41.3 Å². The molecule has 2 amide bonds. The van der Waals surface area contributed by atoms with E-state index < -0.39 is 0 Å². The third-order valence-corrected chi connectivity index (χ3v) is 7.25. The fourth-order valence-electron chi connectivity index (χ4n) is 5.11. The van der Waals surface area contributed by atoms with Crippen molar-refractivity contribution in [3.63, 3.8) is 0 Å². The van der Waals surface area contributed by atoms with Crippen LogP contribution in [0.3, 0.4) is 0 Å². The lowest BCUT2D eigenvalue weighted by molar-refractivity contribution is -0.138. The Morgan fingerprint density at radius 3 is 2.36 bits per heavy atom. The van der Waals surface area contributed by atoms with Gasteiger partial charge < -0.3 is 25.0 Å². The van der Waals surface area contributed by atoms with Crippen LogP contribution in [-0.4, -0.2) is 60.5 Å². The van der Waals surface area contributed by atoms with Crippen LogP contribution in [0.5, 0.6) is 11.5 Å². The van der Waals surface area contributed by atoms with E-state index >= 15 is 0 Å². The molecule has 33 heavy (non-hydrogen) atoms. The predicted octanol–water partition coefficient (Wildman–Crippen LogP) is 3.09. The molecular weight excluding hydrogens is 418 g/mol. The molecule has 1 atom stereocenters. The summed E-state index contributed by atoms with van der Waals surface area (Å²) in [4.78, 5) is 28.8. The summed E-state index contributed by atoms with van der Waals surface area (Å²) in [5.74, 6) is 1.33. The third kappa shape index (κ3) is 5.30. The number of rotatable bonds is 9. The van der Waals surface area contributed by atoms with Crippen LogP contribution in [0.4, 0.5) is 0 Å². The molecule has 7 nitrogen and oxygen atoms in total. The van der Waals surface area contributed by atoms with Crippen molar-refractivity contribution >= 4 is 12.3 Å². The van der Waals surface area contributed by atoms with Crippen molar-refractivity contribution < 1.29 is 19.4 Å². The van der Waals surface area contributed by atoms with Crippen LogP contribution >= 0.6 is 0 Å². The highest BCUT2D eigenvalue weighted by atomic mass is 16.5. The summed E-state index contributed by atoms with van der Waals surface area (Å²) in [5.41, 5.74) is 1.88. The number of aromatic hydroxyl groups is 1. The topological polar surface area (TPSA) is 82.1 Å². The number of nitrogens with one attached hydrogen (secondary N) is 1. The molecule has 2 fully saturated rings. The maximum absolute atomic E-state index is 13.3. The van der Waals surface area contributed by atoms with Crippen LogP contribution in [0.1, 0.15) is 42.9 Å². The van der Waals surface area contributed by atoms with Crippen LogP contribution < -0.4 is 10.1 Å². The van der Waals surface area contributed by atoms with Gasteiger partial charge in [0.25, 0.3) is 0 Å². The molecule has 0 radical (unpaired) electrons. The highest BCUT2D eigenvalue weighted by Gasteiger charge is 2.47. The largest absolute Gasteiger partial charge is 0.508 e. The van der Waals surface area contributed by atoms with Crippen molar-refractivity contribution in [1.29, 1.82) is 0 Å². The second kappa shape index (κ2) is 10.3. The first-order valence-electron chi connectivity index (χ1n) is 11.7. The van der Waals surface area contributed by atoms with Crippen molar-refractivity contribution in [2.24, 2.45) is 5.41 Å². The van der Waals surface area contributed by atoms with Crippen LogP contribution in [0, 0.1) is 5.41 Å². The Hall–Kier alpha value is -3.06. The average Bonchev–Trinajstić information content (AvgIpc) is 3.13. The highest BCUT2D eigenvalue weighted by Crippen LogP contribution is 2.42. The van der Waals surface area contributed by atoms with Crippen molar-refractivity contribution in [2.45, 2.75) is 38.3 Å². The van der Waals surface area contributed by atoms with E-state index in [1.54, 1.807) is 19.2 Å². The minimum Gasteiger partial charge on any atom is -0.508 e. The zero-order valence-corrected chi connectivity index (χ0v) is 19.2. The van der Waals surface area contributed by atoms with Gasteiger partial charge in [-0.15, -0.1) is 0 Å². The van der Waals surface area contributed by atoms with Gasteiger partial charge in [-0.3, -0.25) is 9.59 Å². The lowest BCUT2D eigenvalue weighted by atomic mass is 9.77. The number of carbonyl (C=O) groups is 2. The number of ether oxygens (including phenoxy) is 1. The summed E-state index contributed by atoms with van der Waals surface area (Å²) in [7, 11) is 1.65. The van der Waals surface area contributed by atoms with Gasteiger partial charge in [0.15, 0.2) is 0 Å². The molecule has 2 N–H and O–H groups in total. The SMILES string of the molecule is COc1ccc(CN2CCC3(CCN(CCC(NC=O)c4ccc(O)cc4)CC3)C2=O)cc1. The molecule has 176 valence electrons. The number of hydrogen-bond donors (Lipinski definition) is 2. The maximum atomic E-state index is 13.3. The molecule has 2 aliphatic rings. The summed E-state index contributed by atoms with van der Waals surface area (Å²) in [5, 5.41) is 12.4. The van der Waals surface area contributed by atoms with Crippen LogP contribution in [0.2, 0.25) is 0 Å². The molecule has 2 aromatic rings. The Labute approximate surface area is 195 Å². The number of nitrogens with zero attached hydrogens (tertiary/aromatic N) is 2. The second-order valence-electron chi connectivity index (χ2n) is 9.16. The summed E-state index contributed by atoms with van der Waals surface area (Å²) in [6, 6.07) is 14.8. The molecule has 2 saturated heterocycles. The van der Waals surface area contributed by atoms with E-state index in [2.05, 4.69) is 10.2 Å². The number of phenols is 1. The quantitative estimate of drug-likeness (QED) is 0.573. The maximum Gasteiger partial charge on any atom is 0.229 e. The number of methoxy groups -OCH3 is 1. The van der Waals surface area contributed by atoms with Gasteiger partial charge in [-0.05, 0) is 74.2 Å². The standard InChI is InChI=1S/C26H33N3O4/c1-33-23-8-2-20(3-9-23)18-29-17-13-26(25(29)32)11-15-28(16-12-26)14-10-24(27-19-30)21-4-6-22(31)7-5-21/h2-9,19,24,31H,10-18H2,1H3,(H,27,30). The first-order valence-corrected chi connectivity index (χ1v) is 11.7. The second-order valence-corrected chi connectivity index (χ2v) is 9.16. The monoisotopic (exact) mass is 451 g/mol. The molecule has 1 spiro atoms. The van der Waals surface area contributed by atoms with Gasteiger partial charge in [0.1, 0.15) is 11.5 Å². The molecule has 4 rings (SSSR count). The van der Waals surface area contributed by atoms with Gasteiger partial charge in [0, 0.05) is 19.6 Å². The number of phenolic OH excluding ortho intramolecular Hbond substituents is 1. The molecule has 0 saturated carbocycles. The Morgan fingerprint density at radius 2 is 1.73 bits per heavy atom. The molecule has 7 heteroatoms. The number of likely N-dealkylation sites (tertiary alicyclic amines) is 2. The van der Waals surface area contributed by atoms with Gasteiger partial charge in [-0.1, -0.05) is 24.3 Å². The third-order valence-electron chi connectivity index (χ3n) is 7.25. The van der Waals surface area contributed by atoms with Gasteiger partial charge in [-0.25, -0.2) is 0 Å². The molecule has 0 aromatic heterocycles. The Morgan fingerprint density at radius 1 is 1.06 bits per heavy atom. The zero-order valence-electron chi connectivity index (χ0n) is 19.2. The first kappa shape index (κ1) is 23.1. The van der Waals surface area contributed by atoms with E-state index in [9.17, 15) is 14.7 Å². The fourth-order valence-corrected chi connectivity index (χ4v) is 5.11. The van der Waals surface area contributed by atoms with Crippen molar-refractivity contribution in [1.82, 2.24) is 15.1 Å². The van der Waals surface area contributed by atoms with E-state index in [1.165, 1.54) is 0 Å². The van der Waals surface area contributed by atoms with Crippen LogP contribution in [-0.2, 0) is 16.1 Å². The van der Waals surface area contributed by atoms with E-state index in [-0.39, 0.29) is 17.2 Å². The van der Waals surface area contributed by atoms with Crippen molar-refractivity contribution in [3.8, 4) is 11.5 Å². The molecule has 0 aliphatic carbocycles. The smallest absolute Gasteiger partial charge is 0.229 e. The van der Waals surface area contributed by atoms with Gasteiger partial charge in [0.05, 0.1) is 18.6 Å². The fraction of sp³-hybridized carbons (Fsp3) is 0.462. The Balaban J connectivity index is 1.29. The van der Waals surface area contributed by atoms with Crippen molar-refractivity contribution in [2.75, 3.05) is 33.3 Å².